The molecule has 0 aromatic heterocycles. The lowest BCUT2D eigenvalue weighted by atomic mass is 9.67. The summed E-state index contributed by atoms with van der Waals surface area (Å²) in [6.45, 7) is 5.23. The van der Waals surface area contributed by atoms with Gasteiger partial charge in [0.1, 0.15) is 0 Å². The van der Waals surface area contributed by atoms with Gasteiger partial charge in [-0.25, -0.2) is 4.90 Å². The molecule has 0 atom stereocenters. The number of amides is 2. The molecule has 4 aromatic carbocycles. The Hall–Kier alpha value is -4.84. The molecule has 0 N–H and O–H groups in total. The minimum Gasteiger partial charge on any atom is -0.375 e. The predicted molar refractivity (Wildman–Crippen MR) is 159 cm³/mol. The van der Waals surface area contributed by atoms with Crippen LogP contribution in [-0.2, 0) is 24.6 Å². The van der Waals surface area contributed by atoms with Crippen molar-refractivity contribution < 1.29 is 19.2 Å². The summed E-state index contributed by atoms with van der Waals surface area (Å²) in [5, 5.41) is 0. The van der Waals surface area contributed by atoms with E-state index in [1.807, 2.05) is 36.4 Å². The zero-order chi connectivity index (χ0) is 29.1. The van der Waals surface area contributed by atoms with Crippen molar-refractivity contribution in [3.63, 3.8) is 0 Å². The summed E-state index contributed by atoms with van der Waals surface area (Å²) >= 11 is 0. The molecule has 1 fully saturated rings. The standard InChI is InChI=1S/C35H30N2O4/c1-5-36(4)26-18-14-24(15-19-26)35(30-12-8-6-10-28(30)29-11-7-9-13-31(29)35)25-16-20-27(21-17-25)37-32(40)34(22(2)38,23(3)39)33(37)41/h6-21H,5H2,1-4H3. The topological polar surface area (TPSA) is 74.8 Å². The molecule has 1 saturated heterocycles. The fraction of sp³-hybridized carbons (Fsp3) is 0.200. The van der Waals surface area contributed by atoms with E-state index in [1.165, 1.54) is 0 Å². The van der Waals surface area contributed by atoms with Crippen LogP contribution in [0.15, 0.2) is 97.1 Å². The Kier molecular flexibility index (Phi) is 6.03. The average molecular weight is 543 g/mol. The Balaban J connectivity index is 1.52. The summed E-state index contributed by atoms with van der Waals surface area (Å²) in [5.41, 5.74) is 5.26. The molecule has 6 heteroatoms. The Morgan fingerprint density at radius 2 is 1.12 bits per heavy atom. The van der Waals surface area contributed by atoms with Gasteiger partial charge in [-0.2, -0.15) is 0 Å². The first-order chi connectivity index (χ1) is 19.7. The van der Waals surface area contributed by atoms with Crippen LogP contribution in [0.1, 0.15) is 43.0 Å². The predicted octanol–water partition coefficient (Wildman–Crippen LogP) is 5.54. The molecule has 0 bridgehead atoms. The molecular weight excluding hydrogens is 512 g/mol. The van der Waals surface area contributed by atoms with Gasteiger partial charge in [-0.3, -0.25) is 19.2 Å². The van der Waals surface area contributed by atoms with Crippen molar-refractivity contribution in [3.8, 4) is 11.1 Å². The number of anilines is 2. The molecule has 2 aliphatic rings. The summed E-state index contributed by atoms with van der Waals surface area (Å²) in [5.74, 6) is -3.08. The highest BCUT2D eigenvalue weighted by Gasteiger charge is 2.68. The molecule has 2 amide bonds. The molecule has 6 rings (SSSR count). The molecule has 4 aromatic rings. The maximum Gasteiger partial charge on any atom is 0.264 e. The molecule has 1 aliphatic heterocycles. The van der Waals surface area contributed by atoms with E-state index in [9.17, 15) is 19.2 Å². The van der Waals surface area contributed by atoms with Gasteiger partial charge in [0.15, 0.2) is 11.6 Å². The van der Waals surface area contributed by atoms with Gasteiger partial charge in [0.25, 0.3) is 11.8 Å². The van der Waals surface area contributed by atoms with Crippen LogP contribution in [0.3, 0.4) is 0 Å². The molecule has 1 aliphatic carbocycles. The smallest absolute Gasteiger partial charge is 0.264 e. The highest BCUT2D eigenvalue weighted by atomic mass is 16.2. The molecule has 0 radical (unpaired) electrons. The first kappa shape index (κ1) is 26.4. The number of hydrogen-bond donors (Lipinski definition) is 0. The van der Waals surface area contributed by atoms with E-state index in [0.29, 0.717) is 5.69 Å². The molecule has 1 heterocycles. The number of ketones is 2. The van der Waals surface area contributed by atoms with Gasteiger partial charge in [0, 0.05) is 19.3 Å². The quantitative estimate of drug-likeness (QED) is 0.199. The summed E-state index contributed by atoms with van der Waals surface area (Å²) in [4.78, 5) is 53.8. The maximum absolute atomic E-state index is 13.1. The third-order valence-electron chi connectivity index (χ3n) is 8.83. The van der Waals surface area contributed by atoms with Crippen molar-refractivity contribution in [1.29, 1.82) is 0 Å². The lowest BCUT2D eigenvalue weighted by Gasteiger charge is -2.43. The largest absolute Gasteiger partial charge is 0.375 e. The van der Waals surface area contributed by atoms with E-state index in [0.717, 1.165) is 64.4 Å². The summed E-state index contributed by atoms with van der Waals surface area (Å²) < 4.78 is 0. The molecule has 0 unspecified atom stereocenters. The fourth-order valence-electron chi connectivity index (χ4n) is 6.58. The summed E-state index contributed by atoms with van der Waals surface area (Å²) in [6.07, 6.45) is 0. The number of carbonyl (C=O) groups excluding carboxylic acids is 4. The highest BCUT2D eigenvalue weighted by Crippen LogP contribution is 2.56. The first-order valence-corrected chi connectivity index (χ1v) is 13.7. The molecule has 6 nitrogen and oxygen atoms in total. The van der Waals surface area contributed by atoms with Crippen molar-refractivity contribution in [2.75, 3.05) is 23.4 Å². The number of fused-ring (bicyclic) bond motifs is 3. The zero-order valence-corrected chi connectivity index (χ0v) is 23.5. The van der Waals surface area contributed by atoms with Gasteiger partial charge in [-0.05, 0) is 78.4 Å². The van der Waals surface area contributed by atoms with Gasteiger partial charge in [0.2, 0.25) is 5.41 Å². The normalized spacial score (nSPS) is 16.0. The van der Waals surface area contributed by atoms with Crippen LogP contribution in [0.4, 0.5) is 11.4 Å². The fourth-order valence-corrected chi connectivity index (χ4v) is 6.58. The van der Waals surface area contributed by atoms with Crippen LogP contribution in [-0.4, -0.2) is 37.0 Å². The molecule has 0 saturated carbocycles. The van der Waals surface area contributed by atoms with Crippen molar-refractivity contribution in [1.82, 2.24) is 0 Å². The van der Waals surface area contributed by atoms with Gasteiger partial charge in [0.05, 0.1) is 11.1 Å². The second-order valence-electron chi connectivity index (χ2n) is 10.8. The first-order valence-electron chi connectivity index (χ1n) is 13.7. The number of nitrogens with zero attached hydrogens (tertiary/aromatic N) is 2. The third-order valence-corrected chi connectivity index (χ3v) is 8.83. The van der Waals surface area contributed by atoms with Crippen molar-refractivity contribution in [3.05, 3.63) is 119 Å². The van der Waals surface area contributed by atoms with Gasteiger partial charge in [-0.1, -0.05) is 72.8 Å². The zero-order valence-electron chi connectivity index (χ0n) is 23.5. The van der Waals surface area contributed by atoms with E-state index in [4.69, 9.17) is 0 Å². The average Bonchev–Trinajstić information content (AvgIpc) is 3.28. The lowest BCUT2D eigenvalue weighted by Crippen LogP contribution is -2.72. The van der Waals surface area contributed by atoms with Crippen LogP contribution in [0.25, 0.3) is 11.1 Å². The number of imide groups is 1. The van der Waals surface area contributed by atoms with E-state index in [-0.39, 0.29) is 0 Å². The van der Waals surface area contributed by atoms with E-state index < -0.39 is 34.2 Å². The number of hydrogen-bond acceptors (Lipinski definition) is 5. The Morgan fingerprint density at radius 3 is 1.56 bits per heavy atom. The van der Waals surface area contributed by atoms with Crippen LogP contribution >= 0.6 is 0 Å². The van der Waals surface area contributed by atoms with Crippen molar-refractivity contribution in [2.45, 2.75) is 26.2 Å². The molecular formula is C35H30N2O4. The van der Waals surface area contributed by atoms with Crippen LogP contribution in [0, 0.1) is 5.41 Å². The summed E-state index contributed by atoms with van der Waals surface area (Å²) in [6, 6.07) is 32.7. The van der Waals surface area contributed by atoms with Gasteiger partial charge < -0.3 is 4.90 Å². The monoisotopic (exact) mass is 542 g/mol. The Morgan fingerprint density at radius 1 is 0.683 bits per heavy atom. The number of rotatable bonds is 7. The SMILES string of the molecule is CCN(C)c1ccc(C2(c3ccc(N4C(=O)C(C(C)=O)(C(C)=O)C4=O)cc3)c3ccccc3-c3ccccc32)cc1. The van der Waals surface area contributed by atoms with E-state index in [2.05, 4.69) is 67.4 Å². The van der Waals surface area contributed by atoms with Crippen molar-refractivity contribution in [2.24, 2.45) is 5.41 Å². The van der Waals surface area contributed by atoms with Gasteiger partial charge >= 0.3 is 0 Å². The number of benzene rings is 4. The second-order valence-corrected chi connectivity index (χ2v) is 10.8. The van der Waals surface area contributed by atoms with Crippen LogP contribution in [0.2, 0.25) is 0 Å². The summed E-state index contributed by atoms with van der Waals surface area (Å²) in [7, 11) is 2.06. The minimum atomic E-state index is -2.23. The highest BCUT2D eigenvalue weighted by molar-refractivity contribution is 6.54. The Labute approximate surface area is 239 Å². The van der Waals surface area contributed by atoms with E-state index in [1.54, 1.807) is 12.1 Å². The molecule has 0 spiro atoms. The molecule has 41 heavy (non-hydrogen) atoms. The minimum absolute atomic E-state index is 0.330. The third kappa shape index (κ3) is 3.37. The number of β-lactam (4-membered cyclic amide) rings is 2. The number of Topliss-reactive ketones (excluding diaryl/α,β-unsaturated/α-hetero) is 2. The van der Waals surface area contributed by atoms with Gasteiger partial charge in [-0.15, -0.1) is 0 Å². The maximum atomic E-state index is 13.1. The van der Waals surface area contributed by atoms with Crippen LogP contribution < -0.4 is 9.80 Å². The second kappa shape index (κ2) is 9.37. The number of carbonyl (C=O) groups is 4. The van der Waals surface area contributed by atoms with Crippen molar-refractivity contribution >= 4 is 34.8 Å². The lowest BCUT2D eigenvalue weighted by molar-refractivity contribution is -0.161. The molecule has 204 valence electrons. The Bertz CT molecular complexity index is 1660. The van der Waals surface area contributed by atoms with Crippen LogP contribution in [0.5, 0.6) is 0 Å². The van der Waals surface area contributed by atoms with E-state index >= 15 is 0 Å².